The van der Waals surface area contributed by atoms with Crippen molar-refractivity contribution in [3.63, 3.8) is 0 Å². The molecule has 1 atom stereocenters. The Morgan fingerprint density at radius 1 is 0.263 bits per heavy atom. The summed E-state index contributed by atoms with van der Waals surface area (Å²) >= 11 is 0. The third kappa shape index (κ3) is 65.4. The van der Waals surface area contributed by atoms with Crippen LogP contribution in [0.15, 0.2) is 85.1 Å². The third-order valence-corrected chi connectivity index (χ3v) is 15.2. The van der Waals surface area contributed by atoms with Crippen molar-refractivity contribution in [1.29, 1.82) is 0 Å². The minimum Gasteiger partial charge on any atom is -0.462 e. The van der Waals surface area contributed by atoms with E-state index in [0.717, 1.165) is 103 Å². The summed E-state index contributed by atoms with van der Waals surface area (Å²) in [6.45, 7) is 6.51. The van der Waals surface area contributed by atoms with Crippen LogP contribution in [0, 0.1) is 0 Å². The van der Waals surface area contributed by atoms with Crippen LogP contribution in [0.1, 0.15) is 348 Å². The Bertz CT molecular complexity index is 1520. The van der Waals surface area contributed by atoms with Gasteiger partial charge in [0.2, 0.25) is 0 Å². The highest BCUT2D eigenvalue weighted by Crippen LogP contribution is 2.18. The zero-order valence-electron chi connectivity index (χ0n) is 53.1. The number of carbonyl (C=O) groups excluding carboxylic acids is 3. The second kappa shape index (κ2) is 68.1. The summed E-state index contributed by atoms with van der Waals surface area (Å²) in [5.41, 5.74) is 0. The van der Waals surface area contributed by atoms with E-state index < -0.39 is 6.10 Å². The molecule has 462 valence electrons. The quantitative estimate of drug-likeness (QED) is 0.0261. The van der Waals surface area contributed by atoms with E-state index in [2.05, 4.69) is 106 Å². The Morgan fingerprint density at radius 2 is 0.487 bits per heavy atom. The van der Waals surface area contributed by atoms with Crippen molar-refractivity contribution in [1.82, 2.24) is 0 Å². The van der Waals surface area contributed by atoms with Gasteiger partial charge >= 0.3 is 17.9 Å². The largest absolute Gasteiger partial charge is 0.462 e. The fourth-order valence-electron chi connectivity index (χ4n) is 10.0. The number of allylic oxidation sites excluding steroid dienone is 14. The molecule has 0 saturated carbocycles. The molecule has 0 aromatic heterocycles. The molecular formula is C74H130O6. The summed E-state index contributed by atoms with van der Waals surface area (Å²) in [7, 11) is 0. The molecule has 0 aliphatic rings. The van der Waals surface area contributed by atoms with Crippen LogP contribution >= 0.6 is 0 Å². The number of rotatable bonds is 63. The van der Waals surface area contributed by atoms with Crippen LogP contribution in [0.3, 0.4) is 0 Å². The normalized spacial score (nSPS) is 12.6. The summed E-state index contributed by atoms with van der Waals surface area (Å²) in [5, 5.41) is 0. The third-order valence-electron chi connectivity index (χ3n) is 15.2. The summed E-state index contributed by atoms with van der Waals surface area (Å²) in [6, 6.07) is 0. The molecule has 1 unspecified atom stereocenters. The molecule has 0 amide bonds. The van der Waals surface area contributed by atoms with Gasteiger partial charge in [0.15, 0.2) is 6.10 Å². The monoisotopic (exact) mass is 1110 g/mol. The number of carbonyl (C=O) groups is 3. The second-order valence-corrected chi connectivity index (χ2v) is 23.1. The van der Waals surface area contributed by atoms with E-state index in [4.69, 9.17) is 14.2 Å². The van der Waals surface area contributed by atoms with E-state index in [1.165, 1.54) is 205 Å². The zero-order valence-corrected chi connectivity index (χ0v) is 53.1. The van der Waals surface area contributed by atoms with E-state index in [9.17, 15) is 14.4 Å². The molecule has 0 bridgehead atoms. The lowest BCUT2D eigenvalue weighted by atomic mass is 10.0. The highest BCUT2D eigenvalue weighted by molar-refractivity contribution is 5.71. The summed E-state index contributed by atoms with van der Waals surface area (Å²) < 4.78 is 16.8. The average Bonchev–Trinajstić information content (AvgIpc) is 3.46. The predicted molar refractivity (Wildman–Crippen MR) is 348 cm³/mol. The molecule has 0 saturated heterocycles. The van der Waals surface area contributed by atoms with Gasteiger partial charge in [-0.25, -0.2) is 0 Å². The molecule has 6 nitrogen and oxygen atoms in total. The topological polar surface area (TPSA) is 78.9 Å². The number of unbranched alkanes of at least 4 members (excludes halogenated alkanes) is 38. The molecule has 0 aromatic carbocycles. The summed E-state index contributed by atoms with van der Waals surface area (Å²) in [5.74, 6) is -0.868. The number of hydrogen-bond donors (Lipinski definition) is 0. The van der Waals surface area contributed by atoms with Crippen LogP contribution < -0.4 is 0 Å². The fraction of sp³-hybridized carbons (Fsp3) is 0.770. The van der Waals surface area contributed by atoms with Crippen LogP contribution in [0.2, 0.25) is 0 Å². The van der Waals surface area contributed by atoms with Gasteiger partial charge in [-0.2, -0.15) is 0 Å². The van der Waals surface area contributed by atoms with Gasteiger partial charge in [-0.15, -0.1) is 0 Å². The van der Waals surface area contributed by atoms with Crippen LogP contribution in [-0.2, 0) is 28.6 Å². The minimum absolute atomic E-state index is 0.0727. The van der Waals surface area contributed by atoms with Gasteiger partial charge in [-0.3, -0.25) is 14.4 Å². The Morgan fingerprint density at radius 3 is 0.762 bits per heavy atom. The van der Waals surface area contributed by atoms with Crippen molar-refractivity contribution >= 4 is 17.9 Å². The lowest BCUT2D eigenvalue weighted by molar-refractivity contribution is -0.167. The first kappa shape index (κ1) is 76.6. The van der Waals surface area contributed by atoms with Gasteiger partial charge in [-0.05, 0) is 77.0 Å². The average molecular weight is 1120 g/mol. The summed E-state index contributed by atoms with van der Waals surface area (Å²) in [4.78, 5) is 38.1. The van der Waals surface area contributed by atoms with Crippen molar-refractivity contribution in [2.45, 2.75) is 354 Å². The van der Waals surface area contributed by atoms with E-state index >= 15 is 0 Å². The maximum atomic E-state index is 12.9. The Balaban J connectivity index is 4.03. The minimum atomic E-state index is -0.772. The van der Waals surface area contributed by atoms with Gasteiger partial charge in [0.25, 0.3) is 0 Å². The molecule has 0 radical (unpaired) electrons. The van der Waals surface area contributed by atoms with Crippen molar-refractivity contribution in [3.8, 4) is 0 Å². The standard InChI is InChI=1S/C74H130O6/c1-4-7-10-13-16-18-20-22-24-26-28-30-32-33-34-35-36-37-38-39-40-41-43-44-46-48-50-52-54-56-58-61-64-67-73(76)79-70-71(69-78-72(75)66-63-60-15-12-9-6-3)80-74(77)68-65-62-59-57-55-53-51-49-47-45-42-31-29-27-25-23-21-19-17-14-11-8-5-2/h7,10,16,18,22,24,28,30,33-34,36-37,39-40,71H,4-6,8-9,11-15,17,19-21,23,25-27,29,31-32,35,38,41-70H2,1-3H3/b10-7-,18-16-,24-22-,30-28-,34-33-,37-36-,40-39-. The molecule has 80 heavy (non-hydrogen) atoms. The Kier molecular flexibility index (Phi) is 65.2. The number of hydrogen-bond acceptors (Lipinski definition) is 6. The Hall–Kier alpha value is -3.41. The van der Waals surface area contributed by atoms with Crippen LogP contribution in [0.5, 0.6) is 0 Å². The molecule has 0 N–H and O–H groups in total. The fourth-order valence-corrected chi connectivity index (χ4v) is 10.0. The molecule has 0 rings (SSSR count). The maximum absolute atomic E-state index is 12.9. The molecule has 6 heteroatoms. The number of esters is 3. The van der Waals surface area contributed by atoms with Gasteiger partial charge < -0.3 is 14.2 Å². The van der Waals surface area contributed by atoms with Gasteiger partial charge in [-0.1, -0.05) is 337 Å². The summed E-state index contributed by atoms with van der Waals surface area (Å²) in [6.07, 6.45) is 90.8. The van der Waals surface area contributed by atoms with Crippen molar-refractivity contribution in [2.24, 2.45) is 0 Å². The molecular weight excluding hydrogens is 985 g/mol. The van der Waals surface area contributed by atoms with Gasteiger partial charge in [0, 0.05) is 19.3 Å². The predicted octanol–water partition coefficient (Wildman–Crippen LogP) is 23.8. The van der Waals surface area contributed by atoms with Crippen molar-refractivity contribution in [2.75, 3.05) is 13.2 Å². The van der Waals surface area contributed by atoms with Crippen LogP contribution in [0.4, 0.5) is 0 Å². The highest BCUT2D eigenvalue weighted by atomic mass is 16.6. The molecule has 0 aliphatic carbocycles. The molecule has 0 fully saturated rings. The first-order chi connectivity index (χ1) is 39.5. The van der Waals surface area contributed by atoms with E-state index in [1.54, 1.807) is 0 Å². The molecule has 0 heterocycles. The van der Waals surface area contributed by atoms with E-state index in [0.29, 0.717) is 19.3 Å². The highest BCUT2D eigenvalue weighted by Gasteiger charge is 2.19. The lowest BCUT2D eigenvalue weighted by Gasteiger charge is -2.18. The zero-order chi connectivity index (χ0) is 57.8. The van der Waals surface area contributed by atoms with Crippen LogP contribution in [-0.4, -0.2) is 37.2 Å². The Labute approximate surface area is 496 Å². The maximum Gasteiger partial charge on any atom is 0.306 e. The SMILES string of the molecule is CC/C=C\C/C=C\C/C=C\C/C=C\C/C=C\C/C=C\C/C=C\CCCCCCCCCCCCCC(=O)OCC(COC(=O)CCCCCCCC)OC(=O)CCCCCCCCCCCCCCCCCCCCCCCCC. The molecule has 0 aliphatic heterocycles. The first-order valence-electron chi connectivity index (χ1n) is 34.6. The first-order valence-corrected chi connectivity index (χ1v) is 34.6. The van der Waals surface area contributed by atoms with Crippen molar-refractivity contribution in [3.05, 3.63) is 85.1 Å². The smallest absolute Gasteiger partial charge is 0.306 e. The molecule has 0 aromatic rings. The number of ether oxygens (including phenoxy) is 3. The lowest BCUT2D eigenvalue weighted by Crippen LogP contribution is -2.30. The molecule has 0 spiro atoms. The van der Waals surface area contributed by atoms with Crippen LogP contribution in [0.25, 0.3) is 0 Å². The van der Waals surface area contributed by atoms with Gasteiger partial charge in [0.1, 0.15) is 13.2 Å². The second-order valence-electron chi connectivity index (χ2n) is 23.1. The van der Waals surface area contributed by atoms with E-state index in [-0.39, 0.29) is 31.1 Å². The van der Waals surface area contributed by atoms with E-state index in [1.807, 2.05) is 0 Å². The van der Waals surface area contributed by atoms with Crippen molar-refractivity contribution < 1.29 is 28.6 Å². The van der Waals surface area contributed by atoms with Gasteiger partial charge in [0.05, 0.1) is 0 Å².